The maximum atomic E-state index is 5.17. The highest BCUT2D eigenvalue weighted by Gasteiger charge is 2.12. The molecule has 0 aliphatic carbocycles. The zero-order valence-corrected chi connectivity index (χ0v) is 28.2. The van der Waals surface area contributed by atoms with Gasteiger partial charge in [-0.2, -0.15) is 0 Å². The van der Waals surface area contributed by atoms with Crippen molar-refractivity contribution in [3.8, 4) is 33.4 Å². The average molecular weight is 660 g/mol. The van der Waals surface area contributed by atoms with Gasteiger partial charge in [-0.3, -0.25) is 4.99 Å². The number of fused-ring (bicyclic) bond motifs is 3. The first-order chi connectivity index (χ1) is 24.7. The first-order valence-electron chi connectivity index (χ1n) is 16.6. The van der Waals surface area contributed by atoms with Crippen LogP contribution in [0, 0.1) is 0 Å². The number of hydrogen-bond donors (Lipinski definition) is 0. The standard InChI is InChI=1S/C46H33N3S/c1-47-45(38-22-11-19-35(29-38)33-15-4-2-5-16-33)49-46(39-23-12-20-36(30-39)34-17-6-3-7-18-34)48-31-32-14-10-21-37(28-32)40-25-13-26-42-41-24-8-9-27-43(41)50-44(40)42/h2-30H,1,31H2. The molecular formula is C46H33N3S. The summed E-state index contributed by atoms with van der Waals surface area (Å²) in [7, 11) is 0. The van der Waals surface area contributed by atoms with Crippen LogP contribution >= 0.6 is 11.3 Å². The fourth-order valence-corrected chi connectivity index (χ4v) is 7.64. The first-order valence-corrected chi connectivity index (χ1v) is 17.5. The highest BCUT2D eigenvalue weighted by Crippen LogP contribution is 2.40. The summed E-state index contributed by atoms with van der Waals surface area (Å²) in [5.74, 6) is 1.13. The van der Waals surface area contributed by atoms with E-state index in [1.165, 1.54) is 31.3 Å². The lowest BCUT2D eigenvalue weighted by molar-refractivity contribution is 1.06. The van der Waals surface area contributed by atoms with E-state index in [2.05, 4.69) is 151 Å². The van der Waals surface area contributed by atoms with Crippen LogP contribution in [-0.4, -0.2) is 18.4 Å². The number of aliphatic imine (C=N–C) groups is 3. The molecule has 0 unspecified atom stereocenters. The maximum absolute atomic E-state index is 5.17. The molecular weight excluding hydrogens is 627 g/mol. The Morgan fingerprint density at radius 2 is 1.04 bits per heavy atom. The van der Waals surface area contributed by atoms with E-state index >= 15 is 0 Å². The van der Waals surface area contributed by atoms with Gasteiger partial charge >= 0.3 is 0 Å². The third-order valence-electron chi connectivity index (χ3n) is 8.87. The van der Waals surface area contributed by atoms with Gasteiger partial charge in [0.1, 0.15) is 0 Å². The van der Waals surface area contributed by atoms with E-state index in [1.54, 1.807) is 0 Å². The van der Waals surface area contributed by atoms with E-state index < -0.39 is 0 Å². The lowest BCUT2D eigenvalue weighted by Crippen LogP contribution is -2.06. The minimum absolute atomic E-state index is 0.457. The topological polar surface area (TPSA) is 37.1 Å². The smallest absolute Gasteiger partial charge is 0.161 e. The van der Waals surface area contributed by atoms with Gasteiger partial charge in [0.05, 0.1) is 6.54 Å². The van der Waals surface area contributed by atoms with Crippen LogP contribution in [0.4, 0.5) is 0 Å². The van der Waals surface area contributed by atoms with Gasteiger partial charge in [-0.1, -0.05) is 152 Å². The average Bonchev–Trinajstić information content (AvgIpc) is 3.58. The summed E-state index contributed by atoms with van der Waals surface area (Å²) in [6.07, 6.45) is 0. The highest BCUT2D eigenvalue weighted by molar-refractivity contribution is 7.26. The summed E-state index contributed by atoms with van der Waals surface area (Å²) in [6, 6.07) is 61.3. The monoisotopic (exact) mass is 659 g/mol. The molecule has 8 aromatic rings. The SMILES string of the molecule is C=NC(=NC(=NCc1cccc(-c2cccc3c2sc2ccccc23)c1)c1cccc(-c2ccccc2)c1)c1cccc(-c2ccccc2)c1. The summed E-state index contributed by atoms with van der Waals surface area (Å²) in [6.45, 7) is 4.38. The van der Waals surface area contributed by atoms with Gasteiger partial charge in [-0.25, -0.2) is 9.98 Å². The number of nitrogens with zero attached hydrogens (tertiary/aromatic N) is 3. The fraction of sp³-hybridized carbons (Fsp3) is 0.0217. The Bertz CT molecular complexity index is 2530. The van der Waals surface area contributed by atoms with Gasteiger partial charge in [0.2, 0.25) is 0 Å². The summed E-state index contributed by atoms with van der Waals surface area (Å²) < 4.78 is 2.61. The van der Waals surface area contributed by atoms with E-state index in [-0.39, 0.29) is 0 Å². The van der Waals surface area contributed by atoms with Crippen LogP contribution < -0.4 is 0 Å². The molecule has 238 valence electrons. The van der Waals surface area contributed by atoms with Gasteiger partial charge in [-0.05, 0) is 69.9 Å². The molecule has 4 heteroatoms. The summed E-state index contributed by atoms with van der Waals surface area (Å²) in [5, 5.41) is 2.60. The van der Waals surface area contributed by atoms with Crippen molar-refractivity contribution < 1.29 is 0 Å². The fourth-order valence-electron chi connectivity index (χ4n) is 6.40. The summed E-state index contributed by atoms with van der Waals surface area (Å²) in [4.78, 5) is 14.7. The van der Waals surface area contributed by atoms with Gasteiger partial charge in [0.25, 0.3) is 0 Å². The lowest BCUT2D eigenvalue weighted by atomic mass is 10.0. The second-order valence-corrected chi connectivity index (χ2v) is 13.2. The molecule has 0 atom stereocenters. The molecule has 50 heavy (non-hydrogen) atoms. The molecule has 7 aromatic carbocycles. The Morgan fingerprint density at radius 3 is 1.74 bits per heavy atom. The molecule has 0 saturated carbocycles. The molecule has 1 aromatic heterocycles. The molecule has 0 aliphatic heterocycles. The van der Waals surface area contributed by atoms with Crippen LogP contribution in [-0.2, 0) is 6.54 Å². The molecule has 0 aliphatic rings. The van der Waals surface area contributed by atoms with E-state index in [9.17, 15) is 0 Å². The molecule has 1 heterocycles. The van der Waals surface area contributed by atoms with Gasteiger partial charge < -0.3 is 0 Å². The highest BCUT2D eigenvalue weighted by atomic mass is 32.1. The van der Waals surface area contributed by atoms with Crippen molar-refractivity contribution in [2.45, 2.75) is 6.54 Å². The second-order valence-electron chi connectivity index (χ2n) is 12.1. The third-order valence-corrected chi connectivity index (χ3v) is 10.1. The molecule has 0 fully saturated rings. The molecule has 0 amide bonds. The van der Waals surface area contributed by atoms with E-state index in [0.717, 1.165) is 38.9 Å². The van der Waals surface area contributed by atoms with Gasteiger partial charge in [0.15, 0.2) is 11.7 Å². The number of rotatable bonds is 7. The van der Waals surface area contributed by atoms with Crippen molar-refractivity contribution in [1.29, 1.82) is 0 Å². The van der Waals surface area contributed by atoms with Crippen molar-refractivity contribution in [3.05, 3.63) is 193 Å². The van der Waals surface area contributed by atoms with Crippen molar-refractivity contribution in [2.24, 2.45) is 15.0 Å². The molecule has 0 spiro atoms. The van der Waals surface area contributed by atoms with Crippen molar-refractivity contribution >= 4 is 49.9 Å². The van der Waals surface area contributed by atoms with Crippen molar-refractivity contribution in [1.82, 2.24) is 0 Å². The Kier molecular flexibility index (Phi) is 8.75. The van der Waals surface area contributed by atoms with Crippen molar-refractivity contribution in [3.63, 3.8) is 0 Å². The van der Waals surface area contributed by atoms with Gasteiger partial charge in [0, 0.05) is 31.3 Å². The van der Waals surface area contributed by atoms with Crippen LogP contribution in [0.5, 0.6) is 0 Å². The van der Waals surface area contributed by atoms with Crippen LogP contribution in [0.2, 0.25) is 0 Å². The van der Waals surface area contributed by atoms with Crippen LogP contribution in [0.3, 0.4) is 0 Å². The summed E-state index contributed by atoms with van der Waals surface area (Å²) in [5.41, 5.74) is 9.78. The maximum Gasteiger partial charge on any atom is 0.161 e. The molecule has 8 rings (SSSR count). The predicted octanol–water partition coefficient (Wildman–Crippen LogP) is 12.1. The third kappa shape index (κ3) is 6.45. The Labute approximate surface area is 296 Å². The molecule has 0 N–H and O–H groups in total. The minimum atomic E-state index is 0.457. The number of amidine groups is 2. The molecule has 3 nitrogen and oxygen atoms in total. The normalized spacial score (nSPS) is 12.0. The largest absolute Gasteiger partial charge is 0.261 e. The molecule has 0 saturated heterocycles. The van der Waals surface area contributed by atoms with E-state index in [0.29, 0.717) is 18.2 Å². The van der Waals surface area contributed by atoms with E-state index in [4.69, 9.17) is 9.98 Å². The van der Waals surface area contributed by atoms with E-state index in [1.807, 2.05) is 47.7 Å². The van der Waals surface area contributed by atoms with Crippen LogP contribution in [0.25, 0.3) is 53.6 Å². The molecule has 0 bridgehead atoms. The van der Waals surface area contributed by atoms with Crippen molar-refractivity contribution in [2.75, 3.05) is 0 Å². The Morgan fingerprint density at radius 1 is 0.480 bits per heavy atom. The minimum Gasteiger partial charge on any atom is -0.261 e. The first kappa shape index (κ1) is 31.1. The number of benzene rings is 7. The van der Waals surface area contributed by atoms with Crippen LogP contribution in [0.15, 0.2) is 191 Å². The van der Waals surface area contributed by atoms with Gasteiger partial charge in [-0.15, -0.1) is 11.3 Å². The quantitative estimate of drug-likeness (QED) is 0.121. The zero-order chi connectivity index (χ0) is 33.7. The number of thiophene rings is 1. The molecule has 0 radical (unpaired) electrons. The van der Waals surface area contributed by atoms with Crippen LogP contribution in [0.1, 0.15) is 16.7 Å². The predicted molar refractivity (Wildman–Crippen MR) is 215 cm³/mol. The zero-order valence-electron chi connectivity index (χ0n) is 27.4. The summed E-state index contributed by atoms with van der Waals surface area (Å²) >= 11 is 1.85. The lowest BCUT2D eigenvalue weighted by Gasteiger charge is -2.10. The number of hydrogen-bond acceptors (Lipinski definition) is 2. The Balaban J connectivity index is 1.19. The Hall–Kier alpha value is -6.23. The second kappa shape index (κ2) is 14.1.